The monoisotopic (exact) mass is 277 g/mol. The summed E-state index contributed by atoms with van der Waals surface area (Å²) in [4.78, 5) is 12.0. The summed E-state index contributed by atoms with van der Waals surface area (Å²) in [5.41, 5.74) is 2.41. The second kappa shape index (κ2) is 5.41. The molecule has 4 heteroatoms. The maximum atomic E-state index is 13.1. The third-order valence-corrected chi connectivity index (χ3v) is 3.26. The number of halogens is 2. The fraction of sp³-hybridized carbons (Fsp3) is 0.133. The van der Waals surface area contributed by atoms with Crippen molar-refractivity contribution in [3.8, 4) is 0 Å². The first-order chi connectivity index (χ1) is 8.97. The highest BCUT2D eigenvalue weighted by Crippen LogP contribution is 2.20. The van der Waals surface area contributed by atoms with Crippen LogP contribution in [0.1, 0.15) is 21.5 Å². The van der Waals surface area contributed by atoms with E-state index >= 15 is 0 Å². The van der Waals surface area contributed by atoms with Crippen molar-refractivity contribution in [2.75, 3.05) is 5.32 Å². The van der Waals surface area contributed by atoms with Gasteiger partial charge in [0.1, 0.15) is 5.82 Å². The highest BCUT2D eigenvalue weighted by molar-refractivity contribution is 6.31. The average Bonchev–Trinajstić information content (AvgIpc) is 2.37. The van der Waals surface area contributed by atoms with Crippen LogP contribution < -0.4 is 5.32 Å². The van der Waals surface area contributed by atoms with E-state index in [1.807, 2.05) is 13.0 Å². The third kappa shape index (κ3) is 3.12. The van der Waals surface area contributed by atoms with Crippen molar-refractivity contribution in [2.45, 2.75) is 13.8 Å². The molecule has 2 rings (SSSR count). The molecule has 2 nitrogen and oxygen atoms in total. The number of rotatable bonds is 2. The average molecular weight is 278 g/mol. The molecule has 19 heavy (non-hydrogen) atoms. The Morgan fingerprint density at radius 3 is 2.47 bits per heavy atom. The molecule has 0 spiro atoms. The number of hydrogen-bond acceptors (Lipinski definition) is 1. The van der Waals surface area contributed by atoms with Crippen molar-refractivity contribution in [3.63, 3.8) is 0 Å². The van der Waals surface area contributed by atoms with E-state index in [4.69, 9.17) is 11.6 Å². The van der Waals surface area contributed by atoms with E-state index in [1.54, 1.807) is 19.1 Å². The van der Waals surface area contributed by atoms with Crippen molar-refractivity contribution in [1.29, 1.82) is 0 Å². The molecule has 0 fully saturated rings. The highest BCUT2D eigenvalue weighted by Gasteiger charge is 2.08. The number of nitrogens with one attached hydrogen (secondary N) is 1. The van der Waals surface area contributed by atoms with E-state index in [0.717, 1.165) is 5.56 Å². The normalized spacial score (nSPS) is 10.3. The van der Waals surface area contributed by atoms with Crippen molar-refractivity contribution in [2.24, 2.45) is 0 Å². The largest absolute Gasteiger partial charge is 0.322 e. The van der Waals surface area contributed by atoms with Crippen LogP contribution in [0.2, 0.25) is 5.02 Å². The molecule has 2 aromatic rings. The van der Waals surface area contributed by atoms with Crippen LogP contribution in [-0.2, 0) is 0 Å². The first-order valence-electron chi connectivity index (χ1n) is 5.81. The molecule has 0 aliphatic heterocycles. The van der Waals surface area contributed by atoms with Gasteiger partial charge in [0.2, 0.25) is 0 Å². The molecule has 0 bridgehead atoms. The highest BCUT2D eigenvalue weighted by atomic mass is 35.5. The summed E-state index contributed by atoms with van der Waals surface area (Å²) >= 11 is 5.99. The van der Waals surface area contributed by atoms with E-state index in [-0.39, 0.29) is 11.7 Å². The van der Waals surface area contributed by atoms with Crippen molar-refractivity contribution in [1.82, 2.24) is 0 Å². The van der Waals surface area contributed by atoms with Crippen LogP contribution in [0.4, 0.5) is 10.1 Å². The molecule has 2 aromatic carbocycles. The minimum Gasteiger partial charge on any atom is -0.322 e. The molecule has 1 amide bonds. The number of aryl methyl sites for hydroxylation is 2. The molecule has 0 atom stereocenters. The van der Waals surface area contributed by atoms with E-state index in [1.165, 1.54) is 18.2 Å². The summed E-state index contributed by atoms with van der Waals surface area (Å²) in [7, 11) is 0. The third-order valence-electron chi connectivity index (χ3n) is 2.85. The summed E-state index contributed by atoms with van der Waals surface area (Å²) in [5.74, 6) is -0.613. The zero-order valence-electron chi connectivity index (χ0n) is 10.6. The second-order valence-electron chi connectivity index (χ2n) is 4.38. The Bertz CT molecular complexity index is 640. The summed E-state index contributed by atoms with van der Waals surface area (Å²) in [6, 6.07) is 9.54. The van der Waals surface area contributed by atoms with E-state index in [0.29, 0.717) is 21.8 Å². The Kier molecular flexibility index (Phi) is 3.86. The first-order valence-corrected chi connectivity index (χ1v) is 6.19. The van der Waals surface area contributed by atoms with Gasteiger partial charge >= 0.3 is 0 Å². The van der Waals surface area contributed by atoms with E-state index in [2.05, 4.69) is 5.32 Å². The summed E-state index contributed by atoms with van der Waals surface area (Å²) in [6.07, 6.45) is 0. The van der Waals surface area contributed by atoms with Crippen LogP contribution in [0.25, 0.3) is 0 Å². The number of carbonyl (C=O) groups excluding carboxylic acids is 1. The predicted molar refractivity (Wildman–Crippen MR) is 75.3 cm³/mol. The van der Waals surface area contributed by atoms with Gasteiger partial charge in [-0.1, -0.05) is 17.7 Å². The SMILES string of the molecule is Cc1cc(C(=O)Nc2ccc(C)c(Cl)c2)ccc1F. The minimum atomic E-state index is -0.324. The van der Waals surface area contributed by atoms with Crippen LogP contribution in [0.15, 0.2) is 36.4 Å². The molecule has 0 saturated heterocycles. The van der Waals surface area contributed by atoms with Gasteiger partial charge in [0.05, 0.1) is 0 Å². The van der Waals surface area contributed by atoms with Gasteiger partial charge in [0, 0.05) is 16.3 Å². The Hall–Kier alpha value is -1.87. The smallest absolute Gasteiger partial charge is 0.255 e. The van der Waals surface area contributed by atoms with Gasteiger partial charge in [0.15, 0.2) is 0 Å². The molecule has 0 aliphatic carbocycles. The number of hydrogen-bond donors (Lipinski definition) is 1. The van der Waals surface area contributed by atoms with E-state index < -0.39 is 0 Å². The van der Waals surface area contributed by atoms with Crippen molar-refractivity contribution >= 4 is 23.2 Å². The molecule has 1 N–H and O–H groups in total. The van der Waals surface area contributed by atoms with Gasteiger partial charge in [-0.3, -0.25) is 4.79 Å². The van der Waals surface area contributed by atoms with Crippen molar-refractivity contribution < 1.29 is 9.18 Å². The quantitative estimate of drug-likeness (QED) is 0.869. The maximum Gasteiger partial charge on any atom is 0.255 e. The van der Waals surface area contributed by atoms with Crippen LogP contribution in [0.3, 0.4) is 0 Å². The summed E-state index contributed by atoms with van der Waals surface area (Å²) in [5, 5.41) is 3.32. The van der Waals surface area contributed by atoms with Crippen LogP contribution in [-0.4, -0.2) is 5.91 Å². The minimum absolute atomic E-state index is 0.289. The zero-order valence-corrected chi connectivity index (χ0v) is 11.4. The second-order valence-corrected chi connectivity index (χ2v) is 4.79. The van der Waals surface area contributed by atoms with Gasteiger partial charge in [-0.2, -0.15) is 0 Å². The maximum absolute atomic E-state index is 13.1. The topological polar surface area (TPSA) is 29.1 Å². The summed E-state index contributed by atoms with van der Waals surface area (Å²) < 4.78 is 13.1. The molecule has 0 aromatic heterocycles. The van der Waals surface area contributed by atoms with Gasteiger partial charge in [-0.25, -0.2) is 4.39 Å². The Balaban J connectivity index is 2.20. The zero-order chi connectivity index (χ0) is 14.0. The Morgan fingerprint density at radius 1 is 1.11 bits per heavy atom. The Labute approximate surface area is 116 Å². The lowest BCUT2D eigenvalue weighted by atomic mass is 10.1. The Morgan fingerprint density at radius 2 is 1.84 bits per heavy atom. The number of amides is 1. The predicted octanol–water partition coefficient (Wildman–Crippen LogP) is 4.35. The fourth-order valence-electron chi connectivity index (χ4n) is 1.66. The fourth-order valence-corrected chi connectivity index (χ4v) is 1.84. The first kappa shape index (κ1) is 13.6. The molecule has 0 aliphatic rings. The van der Waals surface area contributed by atoms with Crippen LogP contribution in [0, 0.1) is 19.7 Å². The lowest BCUT2D eigenvalue weighted by Crippen LogP contribution is -2.12. The molecule has 0 unspecified atom stereocenters. The van der Waals surface area contributed by atoms with Gasteiger partial charge in [0.25, 0.3) is 5.91 Å². The molecular weight excluding hydrogens is 265 g/mol. The van der Waals surface area contributed by atoms with E-state index in [9.17, 15) is 9.18 Å². The van der Waals surface area contributed by atoms with Gasteiger partial charge in [-0.05, 0) is 55.3 Å². The molecule has 0 saturated carbocycles. The van der Waals surface area contributed by atoms with Gasteiger partial charge in [-0.15, -0.1) is 0 Å². The number of anilines is 1. The lowest BCUT2D eigenvalue weighted by molar-refractivity contribution is 0.102. The van der Waals surface area contributed by atoms with Crippen LogP contribution in [0.5, 0.6) is 0 Å². The number of benzene rings is 2. The molecule has 0 heterocycles. The van der Waals surface area contributed by atoms with Crippen molar-refractivity contribution in [3.05, 3.63) is 63.9 Å². The van der Waals surface area contributed by atoms with Gasteiger partial charge < -0.3 is 5.32 Å². The standard InChI is InChI=1S/C15H13ClFNO/c1-9-3-5-12(8-13(9)16)18-15(19)11-4-6-14(17)10(2)7-11/h3-8H,1-2H3,(H,18,19). The molecule has 98 valence electrons. The lowest BCUT2D eigenvalue weighted by Gasteiger charge is -2.07. The number of carbonyl (C=O) groups is 1. The summed E-state index contributed by atoms with van der Waals surface area (Å²) in [6.45, 7) is 3.51. The molecule has 0 radical (unpaired) electrons. The molecular formula is C15H13ClFNO. The van der Waals surface area contributed by atoms with Crippen LogP contribution >= 0.6 is 11.6 Å².